The van der Waals surface area contributed by atoms with Crippen LogP contribution >= 0.6 is 23.5 Å². The lowest BCUT2D eigenvalue weighted by Crippen LogP contribution is -2.68. The third kappa shape index (κ3) is 5.89. The van der Waals surface area contributed by atoms with E-state index in [-0.39, 0.29) is 27.9 Å². The number of benzene rings is 1. The Balaban J connectivity index is 0.000000175. The number of aryl methyl sites for hydroxylation is 2. The number of pyridine rings is 1. The van der Waals surface area contributed by atoms with Crippen molar-refractivity contribution in [2.24, 2.45) is 12.8 Å². The summed E-state index contributed by atoms with van der Waals surface area (Å²) >= 11 is 2.82. The van der Waals surface area contributed by atoms with Gasteiger partial charge in [0.1, 0.15) is 28.5 Å². The highest BCUT2D eigenvalue weighted by Gasteiger charge is 2.51. The molecular formula is C26H30FN9O6S2. The molecule has 0 radical (unpaired) electrons. The number of carboxylic acid groups (broad SMARTS) is 2. The van der Waals surface area contributed by atoms with E-state index >= 15 is 0 Å². The Labute approximate surface area is 258 Å². The molecule has 2 fully saturated rings. The van der Waals surface area contributed by atoms with Crippen LogP contribution in [0.4, 0.5) is 10.1 Å². The predicted octanol–water partition coefficient (Wildman–Crippen LogP) is 0.152. The molecule has 3 aliphatic heterocycles. The Hall–Kier alpha value is -4.00. The number of aromatic carboxylic acids is 1. The zero-order valence-corrected chi connectivity index (χ0v) is 25.4. The number of hydrogen-bond acceptors (Lipinski definition) is 12. The van der Waals surface area contributed by atoms with Crippen molar-refractivity contribution in [2.75, 3.05) is 42.6 Å². The zero-order valence-electron chi connectivity index (χ0n) is 23.8. The molecule has 2 atom stereocenters. The molecule has 3 aromatic rings. The van der Waals surface area contributed by atoms with E-state index in [1.54, 1.807) is 17.7 Å². The van der Waals surface area contributed by atoms with Crippen LogP contribution in [0.2, 0.25) is 0 Å². The monoisotopic (exact) mass is 647 g/mol. The summed E-state index contributed by atoms with van der Waals surface area (Å²) in [6.07, 6.45) is 1.33. The van der Waals surface area contributed by atoms with E-state index in [9.17, 15) is 28.7 Å². The molecule has 0 saturated carbocycles. The van der Waals surface area contributed by atoms with Crippen LogP contribution in [-0.2, 0) is 23.2 Å². The fourth-order valence-electron chi connectivity index (χ4n) is 5.15. The van der Waals surface area contributed by atoms with Crippen molar-refractivity contribution in [3.8, 4) is 0 Å². The molecule has 2 aromatic heterocycles. The Morgan fingerprint density at radius 1 is 1.20 bits per heavy atom. The number of β-lactam (4-membered cyclic amide) rings is 1. The second-order valence-electron chi connectivity index (χ2n) is 10.1. The number of nitrogens with zero attached hydrogens (tertiary/aromatic N) is 7. The number of carbonyl (C=O) groups excluding carboxylic acids is 1. The zero-order chi connectivity index (χ0) is 31.7. The van der Waals surface area contributed by atoms with E-state index in [1.165, 1.54) is 39.3 Å². The first-order valence-corrected chi connectivity index (χ1v) is 15.6. The normalized spacial score (nSPS) is 19.8. The smallest absolute Gasteiger partial charge is 0.352 e. The number of carbonyl (C=O) groups is 3. The minimum Gasteiger partial charge on any atom is -0.477 e. The lowest BCUT2D eigenvalue weighted by Gasteiger charge is -2.48. The molecule has 234 valence electrons. The van der Waals surface area contributed by atoms with Gasteiger partial charge in [0.05, 0.1) is 11.2 Å². The van der Waals surface area contributed by atoms with Gasteiger partial charge in [0, 0.05) is 62.9 Å². The molecule has 3 aliphatic rings. The SMILES string of the molecule is CCn1cc(C(=O)O)c(=O)c2cc(F)c(N3CCNCC3)cc21.Cn1nnnc1SCC1=C(C(=O)O)N2C(=O)[C@@H](N)[C@H]2SC1. The maximum Gasteiger partial charge on any atom is 0.352 e. The minimum absolute atomic E-state index is 0.0491. The lowest BCUT2D eigenvalue weighted by molar-refractivity contribution is -0.147. The minimum atomic E-state index is -1.30. The first-order chi connectivity index (χ1) is 21.0. The van der Waals surface area contributed by atoms with Crippen molar-refractivity contribution in [3.05, 3.63) is 51.2 Å². The first kappa shape index (κ1) is 31.4. The highest BCUT2D eigenvalue weighted by atomic mass is 32.2. The van der Waals surface area contributed by atoms with E-state index in [2.05, 4.69) is 20.8 Å². The number of aliphatic carboxylic acids is 1. The molecule has 18 heteroatoms. The maximum absolute atomic E-state index is 14.5. The summed E-state index contributed by atoms with van der Waals surface area (Å²) in [5, 5.41) is 33.2. The van der Waals surface area contributed by atoms with E-state index in [1.807, 2.05) is 11.8 Å². The van der Waals surface area contributed by atoms with Crippen molar-refractivity contribution in [1.29, 1.82) is 0 Å². The molecular weight excluding hydrogens is 617 g/mol. The molecule has 0 unspecified atom stereocenters. The summed E-state index contributed by atoms with van der Waals surface area (Å²) in [4.78, 5) is 50.0. The highest BCUT2D eigenvalue weighted by Crippen LogP contribution is 2.40. The number of amides is 1. The van der Waals surface area contributed by atoms with Crippen LogP contribution in [0.1, 0.15) is 17.3 Å². The third-order valence-electron chi connectivity index (χ3n) is 7.43. The van der Waals surface area contributed by atoms with Gasteiger partial charge in [-0.2, -0.15) is 0 Å². The van der Waals surface area contributed by atoms with Crippen molar-refractivity contribution in [1.82, 2.24) is 35.0 Å². The molecule has 6 rings (SSSR count). The van der Waals surface area contributed by atoms with Crippen LogP contribution in [0.15, 0.2) is 39.6 Å². The Bertz CT molecular complexity index is 1720. The number of nitrogens with two attached hydrogens (primary N) is 1. The number of carboxylic acids is 2. The molecule has 5 heterocycles. The predicted molar refractivity (Wildman–Crippen MR) is 161 cm³/mol. The van der Waals surface area contributed by atoms with Crippen molar-refractivity contribution < 1.29 is 29.0 Å². The number of rotatable bonds is 7. The standard InChI is InChI=1S/C16H18FN3O3.C10H12N6O3S2/c1-2-19-9-11(16(22)23)15(21)10-7-12(17)14(8-13(10)19)20-5-3-18-4-6-20;1-15-10(12-13-14-15)21-3-4-2-20-8-5(11)7(17)16(8)6(4)9(18)19/h7-9,18H,2-6H2,1H3,(H,22,23);5,8H,2-3,11H2,1H3,(H,18,19)/t;5-,8-/m.1/s1. The fourth-order valence-corrected chi connectivity index (χ4v) is 7.43. The van der Waals surface area contributed by atoms with Crippen LogP contribution in [-0.4, -0.2) is 107 Å². The lowest BCUT2D eigenvalue weighted by atomic mass is 10.0. The average molecular weight is 648 g/mol. The molecule has 1 aromatic carbocycles. The summed E-state index contributed by atoms with van der Waals surface area (Å²) in [5.74, 6) is -2.30. The summed E-state index contributed by atoms with van der Waals surface area (Å²) in [6, 6.07) is 2.20. The van der Waals surface area contributed by atoms with Gasteiger partial charge in [0.25, 0.3) is 0 Å². The highest BCUT2D eigenvalue weighted by molar-refractivity contribution is 8.01. The fraction of sp³-hybridized carbons (Fsp3) is 0.423. The summed E-state index contributed by atoms with van der Waals surface area (Å²) in [6.45, 7) is 5.26. The molecule has 0 aliphatic carbocycles. The summed E-state index contributed by atoms with van der Waals surface area (Å²) in [5.41, 5.74) is 6.43. The van der Waals surface area contributed by atoms with Gasteiger partial charge in [0.2, 0.25) is 16.5 Å². The van der Waals surface area contributed by atoms with E-state index in [4.69, 9.17) is 10.8 Å². The molecule has 1 amide bonds. The van der Waals surface area contributed by atoms with Crippen molar-refractivity contribution in [3.63, 3.8) is 0 Å². The number of tetrazole rings is 1. The molecule has 15 nitrogen and oxygen atoms in total. The number of piperazine rings is 1. The number of fused-ring (bicyclic) bond motifs is 2. The second kappa shape index (κ2) is 12.9. The van der Waals surface area contributed by atoms with Crippen molar-refractivity contribution in [2.45, 2.75) is 30.0 Å². The van der Waals surface area contributed by atoms with Crippen LogP contribution in [0.25, 0.3) is 10.9 Å². The summed E-state index contributed by atoms with van der Waals surface area (Å²) in [7, 11) is 1.71. The Morgan fingerprint density at radius 3 is 2.55 bits per heavy atom. The van der Waals surface area contributed by atoms with Gasteiger partial charge in [-0.25, -0.2) is 18.7 Å². The van der Waals surface area contributed by atoms with Crippen molar-refractivity contribution >= 4 is 58.0 Å². The average Bonchev–Trinajstić information content (AvgIpc) is 3.44. The van der Waals surface area contributed by atoms with Gasteiger partial charge < -0.3 is 30.7 Å². The van der Waals surface area contributed by atoms with Gasteiger partial charge in [-0.05, 0) is 35.1 Å². The topological polar surface area (TPSA) is 202 Å². The number of halogens is 1. The number of hydrogen-bond donors (Lipinski definition) is 4. The van der Waals surface area contributed by atoms with Gasteiger partial charge in [-0.1, -0.05) is 11.8 Å². The third-order valence-corrected chi connectivity index (χ3v) is 9.88. The van der Waals surface area contributed by atoms with Crippen LogP contribution < -0.4 is 21.4 Å². The maximum atomic E-state index is 14.5. The van der Waals surface area contributed by atoms with Gasteiger partial charge in [-0.3, -0.25) is 14.5 Å². The molecule has 5 N–H and O–H groups in total. The molecule has 0 bridgehead atoms. The number of nitrogens with one attached hydrogen (secondary N) is 1. The van der Waals surface area contributed by atoms with Gasteiger partial charge in [0.15, 0.2) is 0 Å². The van der Waals surface area contributed by atoms with E-state index in [0.29, 0.717) is 53.1 Å². The number of thioether (sulfide) groups is 2. The van der Waals surface area contributed by atoms with Gasteiger partial charge in [-0.15, -0.1) is 16.9 Å². The van der Waals surface area contributed by atoms with E-state index in [0.717, 1.165) is 19.2 Å². The second-order valence-corrected chi connectivity index (χ2v) is 12.1. The Morgan fingerprint density at radius 2 is 1.93 bits per heavy atom. The van der Waals surface area contributed by atoms with E-state index < -0.39 is 29.2 Å². The summed E-state index contributed by atoms with van der Waals surface area (Å²) < 4.78 is 17.7. The number of anilines is 1. The molecule has 44 heavy (non-hydrogen) atoms. The number of aromatic nitrogens is 5. The van der Waals surface area contributed by atoms with Crippen LogP contribution in [0, 0.1) is 5.82 Å². The quantitative estimate of drug-likeness (QED) is 0.199. The van der Waals surface area contributed by atoms with Gasteiger partial charge >= 0.3 is 11.9 Å². The Kier molecular flexibility index (Phi) is 9.23. The molecule has 2 saturated heterocycles. The molecule has 0 spiro atoms. The first-order valence-electron chi connectivity index (χ1n) is 13.6. The largest absolute Gasteiger partial charge is 0.477 e. The van der Waals surface area contributed by atoms with Crippen LogP contribution in [0.3, 0.4) is 0 Å². The van der Waals surface area contributed by atoms with Crippen LogP contribution in [0.5, 0.6) is 0 Å².